The van der Waals surface area contributed by atoms with Gasteiger partial charge < -0.3 is 15.2 Å². The van der Waals surface area contributed by atoms with E-state index in [1.54, 1.807) is 25.3 Å². The van der Waals surface area contributed by atoms with Crippen molar-refractivity contribution in [1.82, 2.24) is 15.1 Å². The molecule has 0 fully saturated rings. The molecule has 0 bridgehead atoms. The molecule has 0 aliphatic rings. The number of ether oxygens (including phenoxy) is 1. The number of halogens is 2. The van der Waals surface area contributed by atoms with Gasteiger partial charge in [0.25, 0.3) is 5.91 Å². The highest BCUT2D eigenvalue weighted by Crippen LogP contribution is 2.31. The zero-order valence-electron chi connectivity index (χ0n) is 21.5. The first-order valence-electron chi connectivity index (χ1n) is 12.5. The van der Waals surface area contributed by atoms with Gasteiger partial charge in [-0.15, -0.1) is 0 Å². The summed E-state index contributed by atoms with van der Waals surface area (Å²) in [4.78, 5) is 23.0. The first-order valence-corrected chi connectivity index (χ1v) is 12.9. The quantitative estimate of drug-likeness (QED) is 0.218. The maximum absolute atomic E-state index is 14.3. The number of carbonyl (C=O) groups is 2. The Hall–Kier alpha value is -4.69. The average Bonchev–Trinajstić information content (AvgIpc) is 3.37. The Morgan fingerprint density at radius 3 is 2.40 bits per heavy atom. The Balaban J connectivity index is 1.48. The van der Waals surface area contributed by atoms with E-state index in [4.69, 9.17) is 26.5 Å². The van der Waals surface area contributed by atoms with Crippen LogP contribution in [0.3, 0.4) is 0 Å². The van der Waals surface area contributed by atoms with Crippen LogP contribution in [0.2, 0.25) is 5.02 Å². The summed E-state index contributed by atoms with van der Waals surface area (Å²) in [6, 6.07) is 25.5. The monoisotopic (exact) mass is 557 g/mol. The van der Waals surface area contributed by atoms with Crippen molar-refractivity contribution in [3.8, 4) is 28.3 Å². The molecular weight excluding hydrogens is 533 g/mol. The molecule has 1 aromatic heterocycles. The molecule has 0 aliphatic carbocycles. The van der Waals surface area contributed by atoms with Crippen LogP contribution in [0.4, 0.5) is 4.39 Å². The standard InChI is InChI=1S/C31H25ClFN3O4/c1-40-25-10-8-21-14-24(7-6-22(21)15-25)29-17-28(23-9-11-26(32)27(33)16-23)35-36(29)18-19-2-4-20(5-3-19)31(39)34-13-12-30(37)38/h2-11,14-17H,12-13,18H2,1H3,(H,34,39)(H,37,38). The number of amides is 1. The van der Waals surface area contributed by atoms with Crippen LogP contribution in [-0.2, 0) is 11.3 Å². The Bertz CT molecular complexity index is 1720. The van der Waals surface area contributed by atoms with Crippen LogP contribution in [0.1, 0.15) is 22.3 Å². The highest BCUT2D eigenvalue weighted by atomic mass is 35.5. The second kappa shape index (κ2) is 11.6. The lowest BCUT2D eigenvalue weighted by atomic mass is 10.0. The number of hydrogen-bond donors (Lipinski definition) is 2. The molecule has 0 saturated carbocycles. The summed E-state index contributed by atoms with van der Waals surface area (Å²) in [6.07, 6.45) is -0.145. The maximum Gasteiger partial charge on any atom is 0.305 e. The topological polar surface area (TPSA) is 93.5 Å². The fourth-order valence-corrected chi connectivity index (χ4v) is 4.51. The van der Waals surface area contributed by atoms with E-state index in [9.17, 15) is 14.0 Å². The molecule has 0 saturated heterocycles. The Labute approximate surface area is 234 Å². The number of hydrogen-bond acceptors (Lipinski definition) is 4. The minimum absolute atomic E-state index is 0.0421. The molecular formula is C31H25ClFN3O4. The molecule has 0 spiro atoms. The smallest absolute Gasteiger partial charge is 0.305 e. The number of nitrogens with one attached hydrogen (secondary N) is 1. The number of benzene rings is 4. The summed E-state index contributed by atoms with van der Waals surface area (Å²) in [5.74, 6) is -1.06. The minimum Gasteiger partial charge on any atom is -0.497 e. The Morgan fingerprint density at radius 1 is 0.950 bits per heavy atom. The van der Waals surface area contributed by atoms with Crippen molar-refractivity contribution in [1.29, 1.82) is 0 Å². The van der Waals surface area contributed by atoms with Crippen LogP contribution in [0.25, 0.3) is 33.3 Å². The largest absolute Gasteiger partial charge is 0.497 e. The van der Waals surface area contributed by atoms with Gasteiger partial charge in [0.2, 0.25) is 0 Å². The van der Waals surface area contributed by atoms with Crippen molar-refractivity contribution in [2.24, 2.45) is 0 Å². The van der Waals surface area contributed by atoms with Crippen molar-refractivity contribution in [2.45, 2.75) is 13.0 Å². The average molecular weight is 558 g/mol. The first-order chi connectivity index (χ1) is 19.3. The molecule has 1 amide bonds. The normalized spacial score (nSPS) is 11.0. The van der Waals surface area contributed by atoms with E-state index < -0.39 is 11.8 Å². The third-order valence-electron chi connectivity index (χ3n) is 6.51. The van der Waals surface area contributed by atoms with Crippen molar-refractivity contribution in [2.75, 3.05) is 13.7 Å². The van der Waals surface area contributed by atoms with Gasteiger partial charge in [-0.05, 0) is 64.9 Å². The lowest BCUT2D eigenvalue weighted by molar-refractivity contribution is -0.136. The van der Waals surface area contributed by atoms with E-state index in [0.717, 1.165) is 33.3 Å². The number of fused-ring (bicyclic) bond motifs is 1. The SMILES string of the molecule is COc1ccc2cc(-c3cc(-c4ccc(Cl)c(F)c4)nn3Cc3ccc(C(=O)NCCC(=O)O)cc3)ccc2c1. The summed E-state index contributed by atoms with van der Waals surface area (Å²) in [6.45, 7) is 0.451. The lowest BCUT2D eigenvalue weighted by Gasteiger charge is -2.10. The molecule has 1 heterocycles. The number of aliphatic carboxylic acids is 1. The van der Waals surface area contributed by atoms with E-state index in [-0.39, 0.29) is 23.9 Å². The molecule has 0 atom stereocenters. The van der Waals surface area contributed by atoms with Gasteiger partial charge >= 0.3 is 5.97 Å². The van der Waals surface area contributed by atoms with Gasteiger partial charge in [0, 0.05) is 23.2 Å². The number of methoxy groups -OCH3 is 1. The number of rotatable bonds is 9. The molecule has 40 heavy (non-hydrogen) atoms. The van der Waals surface area contributed by atoms with Crippen LogP contribution in [0, 0.1) is 5.82 Å². The van der Waals surface area contributed by atoms with Gasteiger partial charge in [0.15, 0.2) is 0 Å². The lowest BCUT2D eigenvalue weighted by Crippen LogP contribution is -2.25. The van der Waals surface area contributed by atoms with Crippen LogP contribution in [-0.4, -0.2) is 40.4 Å². The second-order valence-corrected chi connectivity index (χ2v) is 9.63. The zero-order chi connectivity index (χ0) is 28.2. The number of aromatic nitrogens is 2. The number of carboxylic acid groups (broad SMARTS) is 1. The molecule has 2 N–H and O–H groups in total. The molecule has 5 aromatic rings. The van der Waals surface area contributed by atoms with Crippen molar-refractivity contribution in [3.05, 3.63) is 107 Å². The summed E-state index contributed by atoms with van der Waals surface area (Å²) < 4.78 is 21.4. The fraction of sp³-hybridized carbons (Fsp3) is 0.129. The van der Waals surface area contributed by atoms with Gasteiger partial charge in [-0.2, -0.15) is 5.10 Å². The van der Waals surface area contributed by atoms with Crippen molar-refractivity contribution >= 4 is 34.2 Å². The third-order valence-corrected chi connectivity index (χ3v) is 6.82. The Kier molecular flexibility index (Phi) is 7.79. The van der Waals surface area contributed by atoms with E-state index in [2.05, 4.69) is 11.4 Å². The van der Waals surface area contributed by atoms with Crippen molar-refractivity contribution in [3.63, 3.8) is 0 Å². The molecule has 9 heteroatoms. The molecule has 7 nitrogen and oxygen atoms in total. The molecule has 4 aromatic carbocycles. The van der Waals surface area contributed by atoms with Gasteiger partial charge in [-0.25, -0.2) is 4.39 Å². The molecule has 5 rings (SSSR count). The van der Waals surface area contributed by atoms with Crippen LogP contribution < -0.4 is 10.1 Å². The predicted octanol–water partition coefficient (Wildman–Crippen LogP) is 6.42. The van der Waals surface area contributed by atoms with Gasteiger partial charge in [-0.3, -0.25) is 14.3 Å². The first kappa shape index (κ1) is 26.9. The van der Waals surface area contributed by atoms with Gasteiger partial charge in [0.1, 0.15) is 11.6 Å². The van der Waals surface area contributed by atoms with Gasteiger partial charge in [-0.1, -0.05) is 48.0 Å². The van der Waals surface area contributed by atoms with Gasteiger partial charge in [0.05, 0.1) is 36.5 Å². The number of carboxylic acids is 1. The predicted molar refractivity (Wildman–Crippen MR) is 152 cm³/mol. The maximum atomic E-state index is 14.3. The number of nitrogens with zero attached hydrogens (tertiary/aromatic N) is 2. The summed E-state index contributed by atoms with van der Waals surface area (Å²) >= 11 is 5.90. The molecule has 0 aliphatic heterocycles. The van der Waals surface area contributed by atoms with Crippen molar-refractivity contribution < 1.29 is 23.8 Å². The van der Waals surface area contributed by atoms with E-state index in [1.165, 1.54) is 12.1 Å². The van der Waals surface area contributed by atoms with Crippen LogP contribution in [0.5, 0.6) is 5.75 Å². The van der Waals surface area contributed by atoms with E-state index in [0.29, 0.717) is 23.4 Å². The van der Waals surface area contributed by atoms with Crippen LogP contribution >= 0.6 is 11.6 Å². The van der Waals surface area contributed by atoms with E-state index in [1.807, 2.05) is 53.2 Å². The number of carbonyl (C=O) groups excluding carboxylic acids is 1. The van der Waals surface area contributed by atoms with E-state index >= 15 is 0 Å². The molecule has 0 unspecified atom stereocenters. The Morgan fingerprint density at radius 2 is 1.68 bits per heavy atom. The fourth-order valence-electron chi connectivity index (χ4n) is 4.40. The summed E-state index contributed by atoms with van der Waals surface area (Å²) in [5.41, 5.74) is 4.28. The zero-order valence-corrected chi connectivity index (χ0v) is 22.3. The third kappa shape index (κ3) is 5.97. The highest BCUT2D eigenvalue weighted by molar-refractivity contribution is 6.30. The minimum atomic E-state index is -0.975. The second-order valence-electron chi connectivity index (χ2n) is 9.23. The van der Waals surface area contributed by atoms with Crippen LogP contribution in [0.15, 0.2) is 84.9 Å². The molecule has 0 radical (unpaired) electrons. The summed E-state index contributed by atoms with van der Waals surface area (Å²) in [7, 11) is 1.63. The highest BCUT2D eigenvalue weighted by Gasteiger charge is 2.15. The summed E-state index contributed by atoms with van der Waals surface area (Å²) in [5, 5.41) is 18.3. The molecule has 202 valence electrons.